The van der Waals surface area contributed by atoms with Gasteiger partial charge in [0, 0.05) is 13.0 Å². The number of nitrogens with zero attached hydrogens (tertiary/aromatic N) is 5. The number of β-amino-alcohol motifs (C(OH)–C–C–N with tert-alkyl or cyclic N) is 1. The van der Waals surface area contributed by atoms with Gasteiger partial charge in [0.1, 0.15) is 6.04 Å². The molecule has 1 fully saturated rings. The van der Waals surface area contributed by atoms with Crippen molar-refractivity contribution in [3.63, 3.8) is 0 Å². The molecule has 0 aromatic carbocycles. The number of rotatable bonds is 2. The summed E-state index contributed by atoms with van der Waals surface area (Å²) in [4.78, 5) is 24.9. The van der Waals surface area contributed by atoms with Crippen molar-refractivity contribution in [1.82, 2.24) is 25.1 Å². The summed E-state index contributed by atoms with van der Waals surface area (Å²) in [7, 11) is 1.53. The molecule has 10 heteroatoms. The predicted molar refractivity (Wildman–Crippen MR) is 56.6 cm³/mol. The van der Waals surface area contributed by atoms with E-state index in [0.29, 0.717) is 0 Å². The average molecular weight is 256 g/mol. The van der Waals surface area contributed by atoms with Crippen molar-refractivity contribution >= 4 is 17.9 Å². The van der Waals surface area contributed by atoms with Crippen molar-refractivity contribution in [3.8, 4) is 0 Å². The van der Waals surface area contributed by atoms with Crippen LogP contribution in [0.4, 0.5) is 10.7 Å². The van der Waals surface area contributed by atoms with Crippen LogP contribution < -0.4 is 5.32 Å². The molecule has 1 aliphatic heterocycles. The number of tetrazole rings is 1. The zero-order valence-electron chi connectivity index (χ0n) is 9.52. The Kier molecular flexibility index (Phi) is 3.10. The summed E-state index contributed by atoms with van der Waals surface area (Å²) in [6.45, 7) is -0.0386. The topological polar surface area (TPSA) is 133 Å². The molecule has 1 aliphatic rings. The van der Waals surface area contributed by atoms with Gasteiger partial charge in [0.05, 0.1) is 13.2 Å². The summed E-state index contributed by atoms with van der Waals surface area (Å²) in [6.07, 6.45) is -0.830. The van der Waals surface area contributed by atoms with Gasteiger partial charge in [0.2, 0.25) is 0 Å². The fraction of sp³-hybridized carbons (Fsp3) is 0.625. The number of carboxylic acid groups (broad SMARTS) is 1. The third-order valence-corrected chi connectivity index (χ3v) is 2.55. The zero-order chi connectivity index (χ0) is 13.3. The standard InChI is InChI=1S/C8H12N6O4/c1-13-11-7(10-12-13)9-8(18)14-3-4(15)2-5(14)6(16)17/h4-5,15H,2-3H2,1H3,(H,16,17)(H,9,11,18)/t4-,5-/m0/s1. The van der Waals surface area contributed by atoms with Crippen molar-refractivity contribution < 1.29 is 19.8 Å². The fourth-order valence-corrected chi connectivity index (χ4v) is 1.77. The number of aliphatic hydroxyl groups excluding tert-OH is 1. The second kappa shape index (κ2) is 4.56. The molecule has 1 aromatic heterocycles. The van der Waals surface area contributed by atoms with Gasteiger partial charge >= 0.3 is 12.0 Å². The molecule has 0 radical (unpaired) electrons. The maximum Gasteiger partial charge on any atom is 0.326 e. The van der Waals surface area contributed by atoms with E-state index in [4.69, 9.17) is 5.11 Å². The van der Waals surface area contributed by atoms with E-state index in [0.717, 1.165) is 9.70 Å². The Morgan fingerprint density at radius 2 is 2.22 bits per heavy atom. The molecule has 1 aromatic rings. The third-order valence-electron chi connectivity index (χ3n) is 2.55. The number of anilines is 1. The lowest BCUT2D eigenvalue weighted by Crippen LogP contribution is -2.43. The highest BCUT2D eigenvalue weighted by Gasteiger charge is 2.39. The molecule has 0 unspecified atom stereocenters. The van der Waals surface area contributed by atoms with Crippen molar-refractivity contribution in [2.24, 2.45) is 7.05 Å². The second-order valence-electron chi connectivity index (χ2n) is 3.93. The molecule has 2 rings (SSSR count). The van der Waals surface area contributed by atoms with Gasteiger partial charge in [0.15, 0.2) is 0 Å². The predicted octanol–water partition coefficient (Wildman–Crippen LogP) is -1.74. The van der Waals surface area contributed by atoms with Crippen LogP contribution in [0.25, 0.3) is 0 Å². The largest absolute Gasteiger partial charge is 0.480 e. The Balaban J connectivity index is 2.06. The number of likely N-dealkylation sites (tertiary alicyclic amines) is 1. The summed E-state index contributed by atoms with van der Waals surface area (Å²) < 4.78 is 0. The summed E-state index contributed by atoms with van der Waals surface area (Å²) in [5.74, 6) is -1.18. The summed E-state index contributed by atoms with van der Waals surface area (Å²) in [6, 6.07) is -1.72. The van der Waals surface area contributed by atoms with Gasteiger partial charge in [-0.1, -0.05) is 5.10 Å². The number of aromatic nitrogens is 4. The lowest BCUT2D eigenvalue weighted by atomic mass is 10.2. The van der Waals surface area contributed by atoms with Gasteiger partial charge in [-0.3, -0.25) is 5.32 Å². The van der Waals surface area contributed by atoms with E-state index in [2.05, 4.69) is 20.7 Å². The van der Waals surface area contributed by atoms with Gasteiger partial charge in [-0.05, 0) is 5.21 Å². The minimum Gasteiger partial charge on any atom is -0.480 e. The van der Waals surface area contributed by atoms with Crippen LogP contribution in [0.5, 0.6) is 0 Å². The molecule has 2 amide bonds. The Bertz CT molecular complexity index is 474. The van der Waals surface area contributed by atoms with E-state index in [9.17, 15) is 14.7 Å². The molecule has 0 aliphatic carbocycles. The summed E-state index contributed by atoms with van der Waals surface area (Å²) >= 11 is 0. The molecule has 1 saturated heterocycles. The molecule has 98 valence electrons. The SMILES string of the molecule is Cn1nnc(NC(=O)N2C[C@@H](O)C[C@H]2C(=O)O)n1. The number of nitrogens with one attached hydrogen (secondary N) is 1. The number of amides is 2. The van der Waals surface area contributed by atoms with E-state index in [1.807, 2.05) is 0 Å². The minimum atomic E-state index is -1.16. The van der Waals surface area contributed by atoms with Crippen LogP contribution in [0.3, 0.4) is 0 Å². The molecule has 3 N–H and O–H groups in total. The van der Waals surface area contributed by atoms with Crippen molar-refractivity contribution in [2.45, 2.75) is 18.6 Å². The maximum atomic E-state index is 11.8. The second-order valence-corrected chi connectivity index (χ2v) is 3.93. The molecule has 18 heavy (non-hydrogen) atoms. The monoisotopic (exact) mass is 256 g/mol. The first-order valence-electron chi connectivity index (χ1n) is 5.20. The molecule has 10 nitrogen and oxygen atoms in total. The lowest BCUT2D eigenvalue weighted by molar-refractivity contribution is -0.141. The number of carbonyl (C=O) groups excluding carboxylic acids is 1. The number of aryl methyl sites for hydroxylation is 1. The fourth-order valence-electron chi connectivity index (χ4n) is 1.77. The quantitative estimate of drug-likeness (QED) is 0.572. The molecular formula is C8H12N6O4. The Morgan fingerprint density at radius 3 is 2.78 bits per heavy atom. The van der Waals surface area contributed by atoms with Crippen molar-refractivity contribution in [1.29, 1.82) is 0 Å². The molecule has 0 saturated carbocycles. The highest BCUT2D eigenvalue weighted by Crippen LogP contribution is 2.18. The van der Waals surface area contributed by atoms with Crippen LogP contribution >= 0.6 is 0 Å². The van der Waals surface area contributed by atoms with E-state index in [1.165, 1.54) is 7.05 Å². The van der Waals surface area contributed by atoms with E-state index in [1.54, 1.807) is 0 Å². The van der Waals surface area contributed by atoms with Gasteiger partial charge in [0.25, 0.3) is 5.95 Å². The summed E-state index contributed by atoms with van der Waals surface area (Å²) in [5, 5.41) is 31.5. The average Bonchev–Trinajstić information content (AvgIpc) is 2.85. The first kappa shape index (κ1) is 12.2. The number of urea groups is 1. The highest BCUT2D eigenvalue weighted by molar-refractivity contribution is 5.91. The Hall–Kier alpha value is -2.23. The van der Waals surface area contributed by atoms with Gasteiger partial charge in [-0.2, -0.15) is 4.80 Å². The third kappa shape index (κ3) is 2.37. The zero-order valence-corrected chi connectivity index (χ0v) is 9.52. The number of aliphatic carboxylic acids is 1. The first-order chi connectivity index (χ1) is 8.47. The number of aliphatic hydroxyl groups is 1. The lowest BCUT2D eigenvalue weighted by Gasteiger charge is -2.20. The van der Waals surface area contributed by atoms with Gasteiger partial charge in [-0.15, -0.1) is 5.10 Å². The number of carboxylic acids is 1. The molecule has 2 heterocycles. The van der Waals surface area contributed by atoms with Crippen molar-refractivity contribution in [3.05, 3.63) is 0 Å². The molecule has 0 bridgehead atoms. The summed E-state index contributed by atoms with van der Waals surface area (Å²) in [5.41, 5.74) is 0. The highest BCUT2D eigenvalue weighted by atomic mass is 16.4. The number of hydrogen-bond acceptors (Lipinski definition) is 6. The number of hydrogen-bond donors (Lipinski definition) is 3. The Labute approximate surface area is 101 Å². The van der Waals surface area contributed by atoms with E-state index >= 15 is 0 Å². The Morgan fingerprint density at radius 1 is 1.50 bits per heavy atom. The van der Waals surface area contributed by atoms with Gasteiger partial charge in [-0.25, -0.2) is 9.59 Å². The van der Waals surface area contributed by atoms with Crippen LogP contribution in [0, 0.1) is 0 Å². The van der Waals surface area contributed by atoms with Crippen LogP contribution in [-0.2, 0) is 11.8 Å². The van der Waals surface area contributed by atoms with Gasteiger partial charge < -0.3 is 15.1 Å². The van der Waals surface area contributed by atoms with Crippen LogP contribution in [-0.4, -0.2) is 66.0 Å². The normalized spacial score (nSPS) is 23.1. The first-order valence-corrected chi connectivity index (χ1v) is 5.20. The number of carbonyl (C=O) groups is 2. The maximum absolute atomic E-state index is 11.8. The van der Waals surface area contributed by atoms with E-state index in [-0.39, 0.29) is 18.9 Å². The van der Waals surface area contributed by atoms with Crippen LogP contribution in [0.1, 0.15) is 6.42 Å². The van der Waals surface area contributed by atoms with Crippen molar-refractivity contribution in [2.75, 3.05) is 11.9 Å². The van der Waals surface area contributed by atoms with E-state index < -0.39 is 24.1 Å². The molecular weight excluding hydrogens is 244 g/mol. The van der Waals surface area contributed by atoms with Crippen LogP contribution in [0.2, 0.25) is 0 Å². The van der Waals surface area contributed by atoms with Crippen LogP contribution in [0.15, 0.2) is 0 Å². The smallest absolute Gasteiger partial charge is 0.326 e. The molecule has 0 spiro atoms. The molecule has 2 atom stereocenters. The minimum absolute atomic E-state index is 0.0106.